The lowest BCUT2D eigenvalue weighted by molar-refractivity contribution is -0.390. The van der Waals surface area contributed by atoms with Gasteiger partial charge in [0.25, 0.3) is 0 Å². The molecule has 1 saturated heterocycles. The van der Waals surface area contributed by atoms with Gasteiger partial charge in [0.05, 0.1) is 0 Å². The van der Waals surface area contributed by atoms with Crippen LogP contribution in [-0.2, 0) is 6.54 Å². The second-order valence-electron chi connectivity index (χ2n) is 5.64. The molecule has 9 heteroatoms. The summed E-state index contributed by atoms with van der Waals surface area (Å²) in [5.41, 5.74) is 1.27. The number of nitrogens with zero attached hydrogens (tertiary/aromatic N) is 4. The minimum Gasteiger partial charge on any atom is -0.410 e. The zero-order valence-corrected chi connectivity index (χ0v) is 13.6. The van der Waals surface area contributed by atoms with Gasteiger partial charge < -0.3 is 25.1 Å². The molecule has 1 fully saturated rings. The predicted molar refractivity (Wildman–Crippen MR) is 87.3 cm³/mol. The molecule has 2 heterocycles. The zero-order valence-electron chi connectivity index (χ0n) is 13.6. The number of ether oxygens (including phenoxy) is 1. The second-order valence-corrected chi connectivity index (χ2v) is 5.64. The van der Waals surface area contributed by atoms with Gasteiger partial charge in [-0.3, -0.25) is 0 Å². The van der Waals surface area contributed by atoms with E-state index in [2.05, 4.69) is 10.4 Å². The monoisotopic (exact) mass is 333 g/mol. The number of rotatable bonds is 3. The Hall–Kier alpha value is -2.68. The molecule has 3 rings (SSSR count). The number of carbonyl (C=O) groups is 1. The smallest absolute Gasteiger partial charge is 0.410 e. The van der Waals surface area contributed by atoms with Crippen LogP contribution in [0.1, 0.15) is 12.5 Å². The van der Waals surface area contributed by atoms with E-state index in [1.807, 2.05) is 0 Å². The van der Waals surface area contributed by atoms with Gasteiger partial charge in [0.1, 0.15) is 23.2 Å². The first kappa shape index (κ1) is 16.2. The third-order valence-corrected chi connectivity index (χ3v) is 4.03. The van der Waals surface area contributed by atoms with Crippen molar-refractivity contribution in [2.45, 2.75) is 20.4 Å². The second kappa shape index (κ2) is 6.44. The minimum atomic E-state index is -0.458. The number of aryl methyl sites for hydroxylation is 2. The summed E-state index contributed by atoms with van der Waals surface area (Å²) in [5, 5.41) is 19.2. The van der Waals surface area contributed by atoms with Crippen LogP contribution < -0.4 is 10.1 Å². The Balaban J connectivity index is 1.95. The van der Waals surface area contributed by atoms with Crippen LogP contribution in [0.15, 0.2) is 12.1 Å². The first-order valence-electron chi connectivity index (χ1n) is 7.84. The Morgan fingerprint density at radius 1 is 1.42 bits per heavy atom. The molecule has 24 heavy (non-hydrogen) atoms. The van der Waals surface area contributed by atoms with Gasteiger partial charge in [0.15, 0.2) is 0 Å². The summed E-state index contributed by atoms with van der Waals surface area (Å²) in [5.74, 6) is 0.206. The largest absolute Gasteiger partial charge is 0.415 e. The van der Waals surface area contributed by atoms with E-state index in [4.69, 9.17) is 4.74 Å². The van der Waals surface area contributed by atoms with E-state index < -0.39 is 11.0 Å². The molecule has 0 aliphatic carbocycles. The summed E-state index contributed by atoms with van der Waals surface area (Å²) in [6, 6.07) is 3.19. The molecule has 0 spiro atoms. The summed E-state index contributed by atoms with van der Waals surface area (Å²) in [6.07, 6.45) is -0.444. The number of nitrogens with one attached hydrogen (secondary N) is 1. The van der Waals surface area contributed by atoms with E-state index in [9.17, 15) is 14.9 Å². The van der Waals surface area contributed by atoms with E-state index in [1.54, 1.807) is 24.8 Å². The van der Waals surface area contributed by atoms with Crippen LogP contribution in [0.3, 0.4) is 0 Å². The first-order chi connectivity index (χ1) is 11.5. The molecule has 0 radical (unpaired) electrons. The van der Waals surface area contributed by atoms with Crippen molar-refractivity contribution in [1.29, 1.82) is 0 Å². The number of fused-ring (bicyclic) bond motifs is 1. The van der Waals surface area contributed by atoms with Crippen molar-refractivity contribution >= 4 is 22.8 Å². The summed E-state index contributed by atoms with van der Waals surface area (Å²) >= 11 is 0. The van der Waals surface area contributed by atoms with Crippen molar-refractivity contribution in [2.75, 3.05) is 26.2 Å². The summed E-state index contributed by atoms with van der Waals surface area (Å²) in [7, 11) is 0. The highest BCUT2D eigenvalue weighted by atomic mass is 16.6. The molecule has 1 aromatic carbocycles. The maximum absolute atomic E-state index is 12.2. The van der Waals surface area contributed by atoms with E-state index in [-0.39, 0.29) is 5.82 Å². The zero-order chi connectivity index (χ0) is 17.3. The normalized spacial score (nSPS) is 14.8. The maximum Gasteiger partial charge on any atom is 0.415 e. The first-order valence-corrected chi connectivity index (χ1v) is 7.84. The standard InChI is InChI=1S/C15H19N5O4/c1-3-19-14(20(22)23)12-9-11(8-10(2)13(12)17-19)24-15(21)18-6-4-16-5-7-18/h8-9,16H,3-7H2,1-2H3. The molecular weight excluding hydrogens is 314 g/mol. The molecule has 1 amide bonds. The molecule has 2 aromatic rings. The highest BCUT2D eigenvalue weighted by Gasteiger charge is 2.24. The summed E-state index contributed by atoms with van der Waals surface area (Å²) < 4.78 is 6.77. The molecule has 0 saturated carbocycles. The maximum atomic E-state index is 12.2. The van der Waals surface area contributed by atoms with E-state index in [0.717, 1.165) is 18.7 Å². The molecule has 1 N–H and O–H groups in total. The van der Waals surface area contributed by atoms with E-state index in [1.165, 1.54) is 10.7 Å². The van der Waals surface area contributed by atoms with Crippen molar-refractivity contribution in [2.24, 2.45) is 0 Å². The van der Waals surface area contributed by atoms with E-state index >= 15 is 0 Å². The summed E-state index contributed by atoms with van der Waals surface area (Å²) in [6.45, 7) is 6.58. The highest BCUT2D eigenvalue weighted by molar-refractivity contribution is 5.91. The highest BCUT2D eigenvalue weighted by Crippen LogP contribution is 2.32. The average molecular weight is 333 g/mol. The van der Waals surface area contributed by atoms with Crippen LogP contribution >= 0.6 is 0 Å². The van der Waals surface area contributed by atoms with Gasteiger partial charge in [0, 0.05) is 26.2 Å². The van der Waals surface area contributed by atoms with Crippen molar-refractivity contribution in [3.63, 3.8) is 0 Å². The SMILES string of the molecule is CCn1nc2c(C)cc(OC(=O)N3CCNCC3)cc2c1[N+](=O)[O-]. The number of hydrogen-bond donors (Lipinski definition) is 1. The van der Waals surface area contributed by atoms with Gasteiger partial charge in [-0.05, 0) is 36.5 Å². The van der Waals surface area contributed by atoms with Crippen LogP contribution in [0.5, 0.6) is 5.75 Å². The van der Waals surface area contributed by atoms with Gasteiger partial charge in [-0.15, -0.1) is 4.68 Å². The Morgan fingerprint density at radius 3 is 2.75 bits per heavy atom. The quantitative estimate of drug-likeness (QED) is 0.677. The van der Waals surface area contributed by atoms with Gasteiger partial charge in [-0.1, -0.05) is 5.10 Å². The van der Waals surface area contributed by atoms with Crippen molar-refractivity contribution < 1.29 is 14.5 Å². The Morgan fingerprint density at radius 2 is 2.12 bits per heavy atom. The lowest BCUT2D eigenvalue weighted by Crippen LogP contribution is -2.47. The Bertz CT molecular complexity index is 795. The van der Waals surface area contributed by atoms with Crippen LogP contribution in [-0.4, -0.2) is 51.9 Å². The number of amides is 1. The lowest BCUT2D eigenvalue weighted by atomic mass is 10.1. The third-order valence-electron chi connectivity index (χ3n) is 4.03. The molecular formula is C15H19N5O4. The average Bonchev–Trinajstić information content (AvgIpc) is 2.95. The summed E-state index contributed by atoms with van der Waals surface area (Å²) in [4.78, 5) is 24.7. The van der Waals surface area contributed by atoms with Crippen LogP contribution in [0.4, 0.5) is 10.6 Å². The molecule has 0 bridgehead atoms. The van der Waals surface area contributed by atoms with Gasteiger partial charge >= 0.3 is 11.9 Å². The van der Waals surface area contributed by atoms with Crippen LogP contribution in [0.2, 0.25) is 0 Å². The fourth-order valence-corrected chi connectivity index (χ4v) is 2.84. The fraction of sp³-hybridized carbons (Fsp3) is 0.467. The Labute approximate surface area is 138 Å². The molecule has 9 nitrogen and oxygen atoms in total. The molecule has 128 valence electrons. The predicted octanol–water partition coefficient (Wildman–Crippen LogP) is 1.68. The van der Waals surface area contributed by atoms with Crippen molar-refractivity contribution in [1.82, 2.24) is 20.0 Å². The lowest BCUT2D eigenvalue weighted by Gasteiger charge is -2.26. The van der Waals surface area contributed by atoms with Crippen molar-refractivity contribution in [3.8, 4) is 5.75 Å². The van der Waals surface area contributed by atoms with Gasteiger partial charge in [-0.2, -0.15) is 0 Å². The minimum absolute atomic E-state index is 0.0873. The van der Waals surface area contributed by atoms with Gasteiger partial charge in [-0.25, -0.2) is 4.79 Å². The topological polar surface area (TPSA) is 103 Å². The Kier molecular flexibility index (Phi) is 4.34. The van der Waals surface area contributed by atoms with Crippen LogP contribution in [0, 0.1) is 17.0 Å². The van der Waals surface area contributed by atoms with E-state index in [0.29, 0.717) is 36.3 Å². The fourth-order valence-electron chi connectivity index (χ4n) is 2.84. The molecule has 1 aromatic heterocycles. The number of nitro groups is 1. The number of aromatic nitrogens is 2. The molecule has 1 aliphatic rings. The van der Waals surface area contributed by atoms with Crippen molar-refractivity contribution in [3.05, 3.63) is 27.8 Å². The number of piperazine rings is 1. The molecule has 0 unspecified atom stereocenters. The number of benzene rings is 1. The third kappa shape index (κ3) is 2.90. The number of hydrogen-bond acceptors (Lipinski definition) is 6. The van der Waals surface area contributed by atoms with Crippen LogP contribution in [0.25, 0.3) is 10.9 Å². The molecule has 1 aliphatic heterocycles. The number of carbonyl (C=O) groups excluding carboxylic acids is 1. The van der Waals surface area contributed by atoms with Gasteiger partial charge in [0.2, 0.25) is 0 Å². The molecule has 0 atom stereocenters.